The maximum Gasteiger partial charge on any atom is 0.326 e. The molecule has 0 aliphatic rings. The largest absolute Gasteiger partial charge is 0.480 e. The smallest absolute Gasteiger partial charge is 0.326 e. The second-order valence-corrected chi connectivity index (χ2v) is 5.41. The fraction of sp³-hybridized carbons (Fsp3) is 0.467. The molecular weight excluding hydrogens is 275 g/mol. The fourth-order valence-corrected chi connectivity index (χ4v) is 1.95. The lowest BCUT2D eigenvalue weighted by molar-refractivity contribution is -0.139. The van der Waals surface area contributed by atoms with Crippen molar-refractivity contribution in [3.05, 3.63) is 35.6 Å². The van der Waals surface area contributed by atoms with Crippen molar-refractivity contribution in [2.24, 2.45) is 5.92 Å². The van der Waals surface area contributed by atoms with E-state index in [0.29, 0.717) is 12.0 Å². The number of hydrogen-bond donors (Lipinski definition) is 3. The van der Waals surface area contributed by atoms with Gasteiger partial charge in [0.25, 0.3) is 0 Å². The van der Waals surface area contributed by atoms with E-state index in [1.165, 1.54) is 12.1 Å². The lowest BCUT2D eigenvalue weighted by Crippen LogP contribution is -2.47. The number of amides is 2. The van der Waals surface area contributed by atoms with Crippen molar-refractivity contribution in [1.29, 1.82) is 0 Å². The summed E-state index contributed by atoms with van der Waals surface area (Å²) in [4.78, 5) is 22.9. The van der Waals surface area contributed by atoms with Crippen LogP contribution < -0.4 is 10.6 Å². The van der Waals surface area contributed by atoms with Crippen LogP contribution in [0.15, 0.2) is 24.3 Å². The molecule has 0 heterocycles. The normalized spacial score (nSPS) is 13.6. The van der Waals surface area contributed by atoms with E-state index in [4.69, 9.17) is 5.11 Å². The highest BCUT2D eigenvalue weighted by Crippen LogP contribution is 2.13. The van der Waals surface area contributed by atoms with Crippen LogP contribution in [0.3, 0.4) is 0 Å². The van der Waals surface area contributed by atoms with Gasteiger partial charge in [-0.2, -0.15) is 0 Å². The minimum Gasteiger partial charge on any atom is -0.480 e. The summed E-state index contributed by atoms with van der Waals surface area (Å²) >= 11 is 0. The quantitative estimate of drug-likeness (QED) is 0.755. The van der Waals surface area contributed by atoms with Gasteiger partial charge in [-0.25, -0.2) is 14.0 Å². The molecule has 116 valence electrons. The molecule has 1 rings (SSSR count). The number of urea groups is 1. The van der Waals surface area contributed by atoms with Crippen LogP contribution in [0.4, 0.5) is 9.18 Å². The van der Waals surface area contributed by atoms with Crippen molar-refractivity contribution in [2.45, 2.75) is 39.3 Å². The first kappa shape index (κ1) is 16.9. The predicted molar refractivity (Wildman–Crippen MR) is 77.4 cm³/mol. The molecule has 0 radical (unpaired) electrons. The SMILES string of the molecule is CC(C)C[C@@H](NC(=O)NC(C)c1cccc(F)c1)C(=O)O. The maximum absolute atomic E-state index is 13.1. The number of carboxylic acid groups (broad SMARTS) is 1. The Morgan fingerprint density at radius 3 is 2.43 bits per heavy atom. The molecule has 1 aromatic rings. The van der Waals surface area contributed by atoms with Gasteiger partial charge in [0.2, 0.25) is 0 Å². The van der Waals surface area contributed by atoms with Crippen LogP contribution in [0.1, 0.15) is 38.8 Å². The molecule has 0 spiro atoms. The zero-order valence-corrected chi connectivity index (χ0v) is 12.4. The fourth-order valence-electron chi connectivity index (χ4n) is 1.95. The zero-order valence-electron chi connectivity index (χ0n) is 12.4. The minimum atomic E-state index is -1.07. The number of halogens is 1. The van der Waals surface area contributed by atoms with Crippen LogP contribution in [-0.4, -0.2) is 23.1 Å². The van der Waals surface area contributed by atoms with Crippen molar-refractivity contribution in [2.75, 3.05) is 0 Å². The summed E-state index contributed by atoms with van der Waals surface area (Å²) < 4.78 is 13.1. The van der Waals surface area contributed by atoms with Gasteiger partial charge in [0.1, 0.15) is 11.9 Å². The molecule has 0 aliphatic carbocycles. The Kier molecular flexibility index (Phi) is 6.14. The van der Waals surface area contributed by atoms with Gasteiger partial charge in [-0.1, -0.05) is 26.0 Å². The Labute approximate surface area is 123 Å². The van der Waals surface area contributed by atoms with Crippen LogP contribution in [-0.2, 0) is 4.79 Å². The first-order valence-corrected chi connectivity index (χ1v) is 6.85. The number of hydrogen-bond acceptors (Lipinski definition) is 2. The van der Waals surface area contributed by atoms with Gasteiger partial charge in [0.15, 0.2) is 0 Å². The molecule has 0 aromatic heterocycles. The summed E-state index contributed by atoms with van der Waals surface area (Å²) in [7, 11) is 0. The van der Waals surface area contributed by atoms with E-state index < -0.39 is 24.1 Å². The third-order valence-corrected chi connectivity index (χ3v) is 3.01. The molecule has 0 bridgehead atoms. The Hall–Kier alpha value is -2.11. The van der Waals surface area contributed by atoms with E-state index >= 15 is 0 Å². The highest BCUT2D eigenvalue weighted by Gasteiger charge is 2.21. The number of carbonyl (C=O) groups is 2. The van der Waals surface area contributed by atoms with Gasteiger partial charge in [-0.15, -0.1) is 0 Å². The Bertz CT molecular complexity index is 505. The van der Waals surface area contributed by atoms with Gasteiger partial charge >= 0.3 is 12.0 Å². The molecule has 21 heavy (non-hydrogen) atoms. The molecule has 1 aromatic carbocycles. The van der Waals surface area contributed by atoms with Crippen molar-refractivity contribution < 1.29 is 19.1 Å². The Balaban J connectivity index is 2.61. The molecule has 0 saturated carbocycles. The van der Waals surface area contributed by atoms with E-state index in [-0.39, 0.29) is 11.7 Å². The summed E-state index contributed by atoms with van der Waals surface area (Å²) in [5.41, 5.74) is 0.612. The molecule has 6 heteroatoms. The lowest BCUT2D eigenvalue weighted by Gasteiger charge is -2.19. The number of benzene rings is 1. The molecule has 0 fully saturated rings. The average molecular weight is 296 g/mol. The number of nitrogens with one attached hydrogen (secondary N) is 2. The average Bonchev–Trinajstić information content (AvgIpc) is 2.37. The van der Waals surface area contributed by atoms with Crippen molar-refractivity contribution >= 4 is 12.0 Å². The zero-order chi connectivity index (χ0) is 16.0. The molecule has 0 saturated heterocycles. The van der Waals surface area contributed by atoms with E-state index in [9.17, 15) is 14.0 Å². The summed E-state index contributed by atoms with van der Waals surface area (Å²) in [5.74, 6) is -1.31. The maximum atomic E-state index is 13.1. The number of carbonyl (C=O) groups excluding carboxylic acids is 1. The third-order valence-electron chi connectivity index (χ3n) is 3.01. The highest BCUT2D eigenvalue weighted by molar-refractivity contribution is 5.82. The van der Waals surface area contributed by atoms with Crippen LogP contribution in [0.5, 0.6) is 0 Å². The summed E-state index contributed by atoms with van der Waals surface area (Å²) in [6.45, 7) is 5.46. The van der Waals surface area contributed by atoms with Crippen molar-refractivity contribution in [3.8, 4) is 0 Å². The third kappa shape index (κ3) is 5.81. The number of rotatable bonds is 6. The molecule has 5 nitrogen and oxygen atoms in total. The molecule has 2 amide bonds. The molecular formula is C15H21FN2O3. The van der Waals surface area contributed by atoms with Crippen LogP contribution >= 0.6 is 0 Å². The highest BCUT2D eigenvalue weighted by atomic mass is 19.1. The lowest BCUT2D eigenvalue weighted by atomic mass is 10.0. The second-order valence-electron chi connectivity index (χ2n) is 5.41. The van der Waals surface area contributed by atoms with E-state index in [1.807, 2.05) is 13.8 Å². The Morgan fingerprint density at radius 1 is 1.24 bits per heavy atom. The first-order valence-electron chi connectivity index (χ1n) is 6.85. The van der Waals surface area contributed by atoms with Gasteiger partial charge in [0, 0.05) is 0 Å². The van der Waals surface area contributed by atoms with Gasteiger partial charge in [0.05, 0.1) is 6.04 Å². The standard InChI is InChI=1S/C15H21FN2O3/c1-9(2)7-13(14(19)20)18-15(21)17-10(3)11-5-4-6-12(16)8-11/h4-6,8-10,13H,7H2,1-3H3,(H,19,20)(H2,17,18,21)/t10?,13-/m1/s1. The number of carboxylic acids is 1. The van der Waals surface area contributed by atoms with Crippen molar-refractivity contribution in [1.82, 2.24) is 10.6 Å². The van der Waals surface area contributed by atoms with Gasteiger partial charge in [-0.3, -0.25) is 0 Å². The summed E-state index contributed by atoms with van der Waals surface area (Å²) in [6, 6.07) is 3.95. The summed E-state index contributed by atoms with van der Waals surface area (Å²) in [6.07, 6.45) is 0.344. The number of aliphatic carboxylic acids is 1. The topological polar surface area (TPSA) is 78.4 Å². The molecule has 3 N–H and O–H groups in total. The molecule has 1 unspecified atom stereocenters. The van der Waals surface area contributed by atoms with E-state index in [2.05, 4.69) is 10.6 Å². The first-order chi connectivity index (χ1) is 9.79. The summed E-state index contributed by atoms with van der Waals surface area (Å²) in [5, 5.41) is 14.1. The van der Waals surface area contributed by atoms with E-state index in [0.717, 1.165) is 0 Å². The van der Waals surface area contributed by atoms with Gasteiger partial charge < -0.3 is 15.7 Å². The predicted octanol–water partition coefficient (Wildman–Crippen LogP) is 2.69. The second kappa shape index (κ2) is 7.61. The van der Waals surface area contributed by atoms with E-state index in [1.54, 1.807) is 19.1 Å². The molecule has 0 aliphatic heterocycles. The Morgan fingerprint density at radius 2 is 1.90 bits per heavy atom. The van der Waals surface area contributed by atoms with Crippen LogP contribution in [0.2, 0.25) is 0 Å². The molecule has 2 atom stereocenters. The monoisotopic (exact) mass is 296 g/mol. The van der Waals surface area contributed by atoms with Crippen molar-refractivity contribution in [3.63, 3.8) is 0 Å². The van der Waals surface area contributed by atoms with Crippen LogP contribution in [0.25, 0.3) is 0 Å². The van der Waals surface area contributed by atoms with Gasteiger partial charge in [-0.05, 0) is 37.0 Å². The minimum absolute atomic E-state index is 0.145. The van der Waals surface area contributed by atoms with Crippen LogP contribution in [0, 0.1) is 11.7 Å².